The van der Waals surface area contributed by atoms with Gasteiger partial charge in [-0.25, -0.2) is 4.79 Å². The standard InChI is InChI=1S/C8H13NO4/c10-6(8(12)13)7(11)9-4-2-1-3-5-9/h6,10H,1-5H2,(H,12,13). The molecular formula is C8H13NO4. The van der Waals surface area contributed by atoms with Gasteiger partial charge in [0.1, 0.15) is 0 Å². The zero-order valence-corrected chi connectivity index (χ0v) is 7.27. The number of amides is 1. The van der Waals surface area contributed by atoms with Crippen LogP contribution in [0, 0.1) is 0 Å². The summed E-state index contributed by atoms with van der Waals surface area (Å²) in [6, 6.07) is 0. The molecule has 2 N–H and O–H groups in total. The molecule has 0 aliphatic carbocycles. The first-order chi connectivity index (χ1) is 6.13. The van der Waals surface area contributed by atoms with Crippen molar-refractivity contribution in [1.82, 2.24) is 4.90 Å². The monoisotopic (exact) mass is 187 g/mol. The molecule has 1 unspecified atom stereocenters. The first-order valence-corrected chi connectivity index (χ1v) is 4.32. The summed E-state index contributed by atoms with van der Waals surface area (Å²) in [6.45, 7) is 1.12. The van der Waals surface area contributed by atoms with E-state index in [0.717, 1.165) is 19.3 Å². The summed E-state index contributed by atoms with van der Waals surface area (Å²) in [7, 11) is 0. The van der Waals surface area contributed by atoms with Crippen molar-refractivity contribution in [2.45, 2.75) is 25.4 Å². The van der Waals surface area contributed by atoms with Crippen LogP contribution in [0.5, 0.6) is 0 Å². The van der Waals surface area contributed by atoms with Crippen LogP contribution in [-0.4, -0.2) is 46.2 Å². The average molecular weight is 187 g/mol. The predicted octanol–water partition coefficient (Wildman–Crippen LogP) is -0.556. The Morgan fingerprint density at radius 1 is 1.15 bits per heavy atom. The molecule has 0 spiro atoms. The molecule has 1 fully saturated rings. The SMILES string of the molecule is O=C(O)C(O)C(=O)N1CCCCC1. The van der Waals surface area contributed by atoms with E-state index < -0.39 is 18.0 Å². The summed E-state index contributed by atoms with van der Waals surface area (Å²) in [5.41, 5.74) is 0. The number of carbonyl (C=O) groups is 2. The van der Waals surface area contributed by atoms with Gasteiger partial charge in [0.25, 0.3) is 5.91 Å². The number of carbonyl (C=O) groups excluding carboxylic acids is 1. The van der Waals surface area contributed by atoms with Gasteiger partial charge in [-0.15, -0.1) is 0 Å². The van der Waals surface area contributed by atoms with Crippen molar-refractivity contribution in [3.63, 3.8) is 0 Å². The molecule has 13 heavy (non-hydrogen) atoms. The van der Waals surface area contributed by atoms with Crippen molar-refractivity contribution in [2.24, 2.45) is 0 Å². The second-order valence-corrected chi connectivity index (χ2v) is 3.13. The summed E-state index contributed by atoms with van der Waals surface area (Å²) >= 11 is 0. The fourth-order valence-electron chi connectivity index (χ4n) is 1.39. The molecule has 1 heterocycles. The molecule has 0 aromatic heterocycles. The minimum absolute atomic E-state index is 0.559. The van der Waals surface area contributed by atoms with Crippen LogP contribution in [0.2, 0.25) is 0 Å². The predicted molar refractivity (Wildman–Crippen MR) is 44.1 cm³/mol. The maximum atomic E-state index is 11.2. The minimum atomic E-state index is -1.89. The van der Waals surface area contributed by atoms with E-state index in [2.05, 4.69) is 0 Å². The van der Waals surface area contributed by atoms with E-state index in [1.165, 1.54) is 4.90 Å². The molecule has 1 aliphatic heterocycles. The van der Waals surface area contributed by atoms with E-state index in [9.17, 15) is 9.59 Å². The highest BCUT2D eigenvalue weighted by molar-refractivity contribution is 5.99. The quantitative estimate of drug-likeness (QED) is 0.568. The highest BCUT2D eigenvalue weighted by Crippen LogP contribution is 2.09. The molecule has 74 valence electrons. The van der Waals surface area contributed by atoms with Gasteiger partial charge in [-0.05, 0) is 19.3 Å². The lowest BCUT2D eigenvalue weighted by molar-refractivity contribution is -0.158. The van der Waals surface area contributed by atoms with Gasteiger partial charge < -0.3 is 15.1 Å². The molecule has 5 nitrogen and oxygen atoms in total. The highest BCUT2D eigenvalue weighted by atomic mass is 16.4. The Hall–Kier alpha value is -1.10. The van der Waals surface area contributed by atoms with Crippen LogP contribution in [0.15, 0.2) is 0 Å². The van der Waals surface area contributed by atoms with Crippen molar-refractivity contribution in [3.8, 4) is 0 Å². The summed E-state index contributed by atoms with van der Waals surface area (Å²) in [5, 5.41) is 17.3. The van der Waals surface area contributed by atoms with Crippen molar-refractivity contribution in [2.75, 3.05) is 13.1 Å². The number of rotatable bonds is 2. The van der Waals surface area contributed by atoms with Gasteiger partial charge in [0.15, 0.2) is 0 Å². The second kappa shape index (κ2) is 4.23. The van der Waals surface area contributed by atoms with Crippen LogP contribution >= 0.6 is 0 Å². The van der Waals surface area contributed by atoms with Gasteiger partial charge in [-0.1, -0.05) is 0 Å². The number of likely N-dealkylation sites (tertiary alicyclic amines) is 1. The summed E-state index contributed by atoms with van der Waals surface area (Å²) < 4.78 is 0. The smallest absolute Gasteiger partial charge is 0.342 e. The third kappa shape index (κ3) is 2.42. The van der Waals surface area contributed by atoms with Gasteiger partial charge in [0, 0.05) is 13.1 Å². The van der Waals surface area contributed by atoms with E-state index in [1.54, 1.807) is 0 Å². The van der Waals surface area contributed by atoms with E-state index >= 15 is 0 Å². The number of piperidine rings is 1. The summed E-state index contributed by atoms with van der Waals surface area (Å²) in [4.78, 5) is 22.9. The lowest BCUT2D eigenvalue weighted by atomic mass is 10.1. The minimum Gasteiger partial charge on any atom is -0.479 e. The van der Waals surface area contributed by atoms with Crippen molar-refractivity contribution >= 4 is 11.9 Å². The molecule has 1 rings (SSSR count). The van der Waals surface area contributed by atoms with Crippen molar-refractivity contribution in [3.05, 3.63) is 0 Å². The van der Waals surface area contributed by atoms with Gasteiger partial charge in [-0.3, -0.25) is 4.79 Å². The molecule has 1 atom stereocenters. The number of hydrogen-bond donors (Lipinski definition) is 2. The number of carboxylic acids is 1. The zero-order valence-electron chi connectivity index (χ0n) is 7.27. The Morgan fingerprint density at radius 3 is 2.15 bits per heavy atom. The van der Waals surface area contributed by atoms with Crippen LogP contribution in [0.25, 0.3) is 0 Å². The number of aliphatic hydroxyl groups is 1. The Labute approximate surface area is 76.0 Å². The zero-order chi connectivity index (χ0) is 9.84. The van der Waals surface area contributed by atoms with E-state index in [1.807, 2.05) is 0 Å². The number of hydrogen-bond acceptors (Lipinski definition) is 3. The molecule has 5 heteroatoms. The first kappa shape index (κ1) is 9.98. The average Bonchev–Trinajstić information content (AvgIpc) is 2.17. The highest BCUT2D eigenvalue weighted by Gasteiger charge is 2.28. The number of nitrogens with zero attached hydrogens (tertiary/aromatic N) is 1. The van der Waals surface area contributed by atoms with Crippen LogP contribution in [-0.2, 0) is 9.59 Å². The third-order valence-corrected chi connectivity index (χ3v) is 2.14. The molecule has 1 aliphatic rings. The fourth-order valence-corrected chi connectivity index (χ4v) is 1.39. The van der Waals surface area contributed by atoms with Gasteiger partial charge in [0.2, 0.25) is 6.10 Å². The number of aliphatic carboxylic acids is 1. The van der Waals surface area contributed by atoms with Crippen molar-refractivity contribution < 1.29 is 19.8 Å². The summed E-state index contributed by atoms with van der Waals surface area (Å²) in [6.07, 6.45) is 0.946. The molecule has 0 bridgehead atoms. The lowest BCUT2D eigenvalue weighted by Crippen LogP contribution is -2.45. The molecule has 0 aromatic rings. The van der Waals surface area contributed by atoms with Gasteiger partial charge in [0.05, 0.1) is 0 Å². The molecule has 0 saturated carbocycles. The van der Waals surface area contributed by atoms with Crippen molar-refractivity contribution in [1.29, 1.82) is 0 Å². The maximum absolute atomic E-state index is 11.2. The molecule has 0 radical (unpaired) electrons. The summed E-state index contributed by atoms with van der Waals surface area (Å²) in [5.74, 6) is -2.16. The van der Waals surface area contributed by atoms with Crippen LogP contribution in [0.3, 0.4) is 0 Å². The Balaban J connectivity index is 2.50. The van der Waals surface area contributed by atoms with E-state index in [4.69, 9.17) is 10.2 Å². The molecule has 1 amide bonds. The van der Waals surface area contributed by atoms with E-state index in [-0.39, 0.29) is 0 Å². The Morgan fingerprint density at radius 2 is 1.69 bits per heavy atom. The lowest BCUT2D eigenvalue weighted by Gasteiger charge is -2.27. The maximum Gasteiger partial charge on any atom is 0.342 e. The Bertz CT molecular complexity index is 210. The van der Waals surface area contributed by atoms with Gasteiger partial charge in [-0.2, -0.15) is 0 Å². The van der Waals surface area contributed by atoms with E-state index in [0.29, 0.717) is 13.1 Å². The topological polar surface area (TPSA) is 77.8 Å². The Kier molecular flexibility index (Phi) is 3.25. The second-order valence-electron chi connectivity index (χ2n) is 3.13. The normalized spacial score (nSPS) is 19.6. The molecular weight excluding hydrogens is 174 g/mol. The van der Waals surface area contributed by atoms with Crippen LogP contribution in [0.1, 0.15) is 19.3 Å². The fraction of sp³-hybridized carbons (Fsp3) is 0.750. The number of aliphatic hydroxyl groups excluding tert-OH is 1. The van der Waals surface area contributed by atoms with Crippen LogP contribution in [0.4, 0.5) is 0 Å². The van der Waals surface area contributed by atoms with Gasteiger partial charge >= 0.3 is 5.97 Å². The third-order valence-electron chi connectivity index (χ3n) is 2.14. The number of carboxylic acid groups (broad SMARTS) is 1. The first-order valence-electron chi connectivity index (χ1n) is 4.32. The van der Waals surface area contributed by atoms with Crippen LogP contribution < -0.4 is 0 Å². The molecule has 0 aromatic carbocycles. The molecule has 1 saturated heterocycles. The largest absolute Gasteiger partial charge is 0.479 e.